The molecule has 0 aliphatic rings. The standard InChI is InChI=1S/C19H12ClF3O2S/c20-18-13-6-2-4-8-15(13)26-16(18)9-10-17(24)25-11-12-5-1-3-7-14(12)19(21,22)23/h1-10H,11H2/b10-9+. The van der Waals surface area contributed by atoms with Crippen molar-refractivity contribution in [3.8, 4) is 0 Å². The van der Waals surface area contributed by atoms with Crippen LogP contribution in [0.1, 0.15) is 16.0 Å². The van der Waals surface area contributed by atoms with Gasteiger partial charge in [-0.05, 0) is 18.2 Å². The molecule has 0 aliphatic carbocycles. The van der Waals surface area contributed by atoms with Gasteiger partial charge in [0.1, 0.15) is 6.61 Å². The van der Waals surface area contributed by atoms with Crippen molar-refractivity contribution in [1.29, 1.82) is 0 Å². The maximum absolute atomic E-state index is 12.9. The molecular formula is C19H12ClF3O2S. The Kier molecular flexibility index (Phi) is 5.34. The molecule has 0 N–H and O–H groups in total. The zero-order valence-electron chi connectivity index (χ0n) is 13.2. The summed E-state index contributed by atoms with van der Waals surface area (Å²) in [5, 5.41) is 1.41. The number of halogens is 4. The maximum atomic E-state index is 12.9. The van der Waals surface area contributed by atoms with Gasteiger partial charge in [0, 0.05) is 26.6 Å². The number of carbonyl (C=O) groups is 1. The smallest absolute Gasteiger partial charge is 0.416 e. The number of esters is 1. The van der Waals surface area contributed by atoms with Crippen molar-refractivity contribution < 1.29 is 22.7 Å². The van der Waals surface area contributed by atoms with Crippen molar-refractivity contribution >= 4 is 45.1 Å². The normalized spacial score (nSPS) is 12.0. The molecule has 0 radical (unpaired) electrons. The first kappa shape index (κ1) is 18.5. The lowest BCUT2D eigenvalue weighted by atomic mass is 10.1. The highest BCUT2D eigenvalue weighted by Gasteiger charge is 2.33. The largest absolute Gasteiger partial charge is 0.458 e. The molecular weight excluding hydrogens is 385 g/mol. The topological polar surface area (TPSA) is 26.3 Å². The SMILES string of the molecule is O=C(/C=C/c1sc2ccccc2c1Cl)OCc1ccccc1C(F)(F)F. The van der Waals surface area contributed by atoms with Gasteiger partial charge in [-0.1, -0.05) is 48.0 Å². The van der Waals surface area contributed by atoms with Crippen LogP contribution in [0.3, 0.4) is 0 Å². The number of benzene rings is 2. The molecule has 0 fully saturated rings. The Balaban J connectivity index is 1.70. The zero-order valence-corrected chi connectivity index (χ0v) is 14.8. The molecule has 134 valence electrons. The van der Waals surface area contributed by atoms with Crippen LogP contribution in [-0.2, 0) is 22.3 Å². The number of thiophene rings is 1. The lowest BCUT2D eigenvalue weighted by Crippen LogP contribution is -2.11. The van der Waals surface area contributed by atoms with Gasteiger partial charge in [0.2, 0.25) is 0 Å². The molecule has 3 rings (SSSR count). The van der Waals surface area contributed by atoms with Crippen molar-refractivity contribution in [2.75, 3.05) is 0 Å². The summed E-state index contributed by atoms with van der Waals surface area (Å²) in [4.78, 5) is 12.5. The second-order valence-electron chi connectivity index (χ2n) is 5.37. The fourth-order valence-electron chi connectivity index (χ4n) is 2.40. The summed E-state index contributed by atoms with van der Waals surface area (Å²) >= 11 is 7.68. The minimum absolute atomic E-state index is 0.0957. The number of ether oxygens (including phenoxy) is 1. The first-order chi connectivity index (χ1) is 12.4. The third kappa shape index (κ3) is 4.08. The third-order valence-electron chi connectivity index (χ3n) is 3.62. The number of rotatable bonds is 4. The molecule has 0 amide bonds. The molecule has 0 saturated heterocycles. The van der Waals surface area contributed by atoms with Gasteiger partial charge < -0.3 is 4.74 Å². The monoisotopic (exact) mass is 396 g/mol. The molecule has 0 aliphatic heterocycles. The summed E-state index contributed by atoms with van der Waals surface area (Å²) in [5.41, 5.74) is -0.911. The Morgan fingerprint density at radius 1 is 1.12 bits per heavy atom. The average Bonchev–Trinajstić information content (AvgIpc) is 2.94. The molecule has 0 spiro atoms. The second kappa shape index (κ2) is 7.51. The van der Waals surface area contributed by atoms with Crippen LogP contribution in [0, 0.1) is 0 Å². The Morgan fingerprint density at radius 3 is 2.54 bits per heavy atom. The second-order valence-corrected chi connectivity index (χ2v) is 6.83. The molecule has 2 aromatic carbocycles. The van der Waals surface area contributed by atoms with E-state index in [9.17, 15) is 18.0 Å². The number of hydrogen-bond acceptors (Lipinski definition) is 3. The van der Waals surface area contributed by atoms with Crippen LogP contribution in [0.25, 0.3) is 16.2 Å². The predicted octanol–water partition coefficient (Wildman–Crippen LogP) is 6.33. The lowest BCUT2D eigenvalue weighted by Gasteiger charge is -2.12. The van der Waals surface area contributed by atoms with Gasteiger partial charge in [0.25, 0.3) is 0 Å². The van der Waals surface area contributed by atoms with Gasteiger partial charge in [-0.3, -0.25) is 0 Å². The van der Waals surface area contributed by atoms with Crippen LogP contribution in [-0.4, -0.2) is 5.97 Å². The highest BCUT2D eigenvalue weighted by atomic mass is 35.5. The van der Waals surface area contributed by atoms with Crippen molar-refractivity contribution in [2.24, 2.45) is 0 Å². The Labute approximate surface area is 156 Å². The molecule has 0 saturated carbocycles. The summed E-state index contributed by atoms with van der Waals surface area (Å²) in [6.07, 6.45) is -1.83. The first-order valence-corrected chi connectivity index (χ1v) is 8.72. The molecule has 3 aromatic rings. The van der Waals surface area contributed by atoms with Gasteiger partial charge in [0.05, 0.1) is 10.6 Å². The van der Waals surface area contributed by atoms with Crippen molar-refractivity contribution in [1.82, 2.24) is 0 Å². The minimum Gasteiger partial charge on any atom is -0.458 e. The Hall–Kier alpha value is -2.31. The van der Waals surface area contributed by atoms with Crippen LogP contribution in [0.2, 0.25) is 5.02 Å². The lowest BCUT2D eigenvalue weighted by molar-refractivity contribution is -0.143. The summed E-state index contributed by atoms with van der Waals surface area (Å²) in [7, 11) is 0. The molecule has 0 bridgehead atoms. The van der Waals surface area contributed by atoms with E-state index in [0.29, 0.717) is 9.90 Å². The summed E-state index contributed by atoms with van der Waals surface area (Å²) < 4.78 is 44.7. The summed E-state index contributed by atoms with van der Waals surface area (Å²) in [6, 6.07) is 12.5. The zero-order chi connectivity index (χ0) is 18.7. The molecule has 26 heavy (non-hydrogen) atoms. The van der Waals surface area contributed by atoms with E-state index in [-0.39, 0.29) is 5.56 Å². The van der Waals surface area contributed by atoms with Gasteiger partial charge >= 0.3 is 12.1 Å². The van der Waals surface area contributed by atoms with Gasteiger partial charge in [-0.15, -0.1) is 11.3 Å². The summed E-state index contributed by atoms with van der Waals surface area (Å²) in [6.45, 7) is -0.459. The fourth-order valence-corrected chi connectivity index (χ4v) is 3.80. The van der Waals surface area contributed by atoms with Gasteiger partial charge in [-0.2, -0.15) is 13.2 Å². The van der Waals surface area contributed by atoms with E-state index >= 15 is 0 Å². The molecule has 1 aromatic heterocycles. The van der Waals surface area contributed by atoms with E-state index in [0.717, 1.165) is 22.2 Å². The van der Waals surface area contributed by atoms with Crippen LogP contribution < -0.4 is 0 Å². The van der Waals surface area contributed by atoms with E-state index in [4.69, 9.17) is 16.3 Å². The number of hydrogen-bond donors (Lipinski definition) is 0. The average molecular weight is 397 g/mol. The summed E-state index contributed by atoms with van der Waals surface area (Å²) in [5.74, 6) is -0.740. The van der Waals surface area contributed by atoms with E-state index in [1.165, 1.54) is 35.6 Å². The Morgan fingerprint density at radius 2 is 1.81 bits per heavy atom. The molecule has 0 atom stereocenters. The Bertz CT molecular complexity index is 976. The van der Waals surface area contributed by atoms with Gasteiger partial charge in [-0.25, -0.2) is 4.79 Å². The van der Waals surface area contributed by atoms with Gasteiger partial charge in [0.15, 0.2) is 0 Å². The van der Waals surface area contributed by atoms with Crippen LogP contribution >= 0.6 is 22.9 Å². The molecule has 0 unspecified atom stereocenters. The van der Waals surface area contributed by atoms with E-state index in [1.807, 2.05) is 24.3 Å². The third-order valence-corrected chi connectivity index (χ3v) is 5.28. The highest BCUT2D eigenvalue weighted by Crippen LogP contribution is 2.36. The fraction of sp³-hybridized carbons (Fsp3) is 0.105. The van der Waals surface area contributed by atoms with Crippen LogP contribution in [0.15, 0.2) is 54.6 Å². The number of fused-ring (bicyclic) bond motifs is 1. The van der Waals surface area contributed by atoms with Crippen LogP contribution in [0.4, 0.5) is 13.2 Å². The van der Waals surface area contributed by atoms with Crippen molar-refractivity contribution in [2.45, 2.75) is 12.8 Å². The first-order valence-electron chi connectivity index (χ1n) is 7.53. The molecule has 1 heterocycles. The predicted molar refractivity (Wildman–Crippen MR) is 97.1 cm³/mol. The van der Waals surface area contributed by atoms with Crippen molar-refractivity contribution in [3.05, 3.63) is 75.6 Å². The quantitative estimate of drug-likeness (QED) is 0.380. The number of alkyl halides is 3. The van der Waals surface area contributed by atoms with E-state index < -0.39 is 24.3 Å². The molecule has 7 heteroatoms. The highest BCUT2D eigenvalue weighted by molar-refractivity contribution is 7.20. The maximum Gasteiger partial charge on any atom is 0.416 e. The van der Waals surface area contributed by atoms with E-state index in [2.05, 4.69) is 0 Å². The molecule has 2 nitrogen and oxygen atoms in total. The minimum atomic E-state index is -4.50. The number of carbonyl (C=O) groups excluding carboxylic acids is 1. The van der Waals surface area contributed by atoms with Crippen LogP contribution in [0.5, 0.6) is 0 Å². The van der Waals surface area contributed by atoms with Crippen molar-refractivity contribution in [3.63, 3.8) is 0 Å². The van der Waals surface area contributed by atoms with E-state index in [1.54, 1.807) is 0 Å².